The van der Waals surface area contributed by atoms with Gasteiger partial charge in [-0.05, 0) is 55.2 Å². The maximum atomic E-state index is 12.6. The highest BCUT2D eigenvalue weighted by molar-refractivity contribution is 6.42. The van der Waals surface area contributed by atoms with Crippen LogP contribution in [-0.2, 0) is 14.3 Å². The van der Waals surface area contributed by atoms with Crippen LogP contribution in [0, 0.1) is 22.7 Å². The van der Waals surface area contributed by atoms with Crippen molar-refractivity contribution in [3.05, 3.63) is 28.2 Å². The number of fused-ring (bicyclic) bond motifs is 3. The van der Waals surface area contributed by atoms with E-state index < -0.39 is 17.6 Å². The zero-order chi connectivity index (χ0) is 21.7. The standard InChI is InChI=1S/C22H27Cl2NO5/c1-21-8-7-18(30-20(28)25-12-3-4-14(23)15(24)9-12)22(2,11-26)17(21)6-5-16-13(21)10-19(27)29-16/h3-4,9,13,16-18,26H,5-8,10-11H2,1-2H3,(H,25,28)/t13-,16+,17+,18-,21+,22+/m1/s1. The van der Waals surface area contributed by atoms with Gasteiger partial charge in [-0.1, -0.05) is 37.0 Å². The van der Waals surface area contributed by atoms with Crippen molar-refractivity contribution in [1.29, 1.82) is 0 Å². The first kappa shape index (κ1) is 21.7. The Bertz CT molecular complexity index is 864. The van der Waals surface area contributed by atoms with E-state index >= 15 is 0 Å². The summed E-state index contributed by atoms with van der Waals surface area (Å²) in [6, 6.07) is 4.82. The summed E-state index contributed by atoms with van der Waals surface area (Å²) in [7, 11) is 0. The molecule has 0 unspecified atom stereocenters. The SMILES string of the molecule is C[C@]1(CO)[C@H]2CC[C@@H]3OC(=O)C[C@H]3[C@]2(C)CC[C@H]1OC(=O)Nc1ccc(Cl)c(Cl)c1. The van der Waals surface area contributed by atoms with E-state index in [9.17, 15) is 14.7 Å². The molecule has 3 fully saturated rings. The third kappa shape index (κ3) is 3.57. The molecule has 0 radical (unpaired) electrons. The van der Waals surface area contributed by atoms with E-state index in [0.29, 0.717) is 28.6 Å². The van der Waals surface area contributed by atoms with E-state index in [-0.39, 0.29) is 35.9 Å². The molecule has 2 aliphatic carbocycles. The Morgan fingerprint density at radius 3 is 2.73 bits per heavy atom. The highest BCUT2D eigenvalue weighted by Crippen LogP contribution is 2.62. The van der Waals surface area contributed by atoms with Crippen LogP contribution in [0.1, 0.15) is 46.0 Å². The molecule has 1 heterocycles. The van der Waals surface area contributed by atoms with Crippen molar-refractivity contribution in [3.8, 4) is 0 Å². The summed E-state index contributed by atoms with van der Waals surface area (Å²) in [4.78, 5) is 24.5. The summed E-state index contributed by atoms with van der Waals surface area (Å²) < 4.78 is 11.4. The first-order valence-electron chi connectivity index (χ1n) is 10.4. The van der Waals surface area contributed by atoms with Crippen LogP contribution in [0.2, 0.25) is 10.0 Å². The van der Waals surface area contributed by atoms with Crippen molar-refractivity contribution in [2.45, 2.75) is 58.2 Å². The lowest BCUT2D eigenvalue weighted by atomic mass is 9.46. The second-order valence-corrected chi connectivity index (χ2v) is 10.1. The van der Waals surface area contributed by atoms with E-state index in [1.807, 2.05) is 6.92 Å². The summed E-state index contributed by atoms with van der Waals surface area (Å²) >= 11 is 11.9. The van der Waals surface area contributed by atoms with Gasteiger partial charge in [-0.3, -0.25) is 10.1 Å². The zero-order valence-corrected chi connectivity index (χ0v) is 18.6. The van der Waals surface area contributed by atoms with Crippen molar-refractivity contribution < 1.29 is 24.2 Å². The summed E-state index contributed by atoms with van der Waals surface area (Å²) in [5, 5.41) is 13.8. The van der Waals surface area contributed by atoms with E-state index in [2.05, 4.69) is 12.2 Å². The Morgan fingerprint density at radius 2 is 2.03 bits per heavy atom. The lowest BCUT2D eigenvalue weighted by molar-refractivity contribution is -0.174. The monoisotopic (exact) mass is 455 g/mol. The van der Waals surface area contributed by atoms with Gasteiger partial charge in [0.05, 0.1) is 23.1 Å². The maximum absolute atomic E-state index is 12.6. The molecule has 2 saturated carbocycles. The number of carbonyl (C=O) groups excluding carboxylic acids is 2. The maximum Gasteiger partial charge on any atom is 0.411 e. The summed E-state index contributed by atoms with van der Waals surface area (Å²) in [6.07, 6.45) is 2.43. The van der Waals surface area contributed by atoms with E-state index in [1.165, 1.54) is 0 Å². The van der Waals surface area contributed by atoms with Crippen LogP contribution in [0.4, 0.5) is 10.5 Å². The zero-order valence-electron chi connectivity index (χ0n) is 17.1. The number of anilines is 1. The molecule has 4 rings (SSSR count). The predicted molar refractivity (Wildman–Crippen MR) is 114 cm³/mol. The smallest absolute Gasteiger partial charge is 0.411 e. The average molecular weight is 456 g/mol. The summed E-state index contributed by atoms with van der Waals surface area (Å²) in [5.74, 6) is 0.153. The average Bonchev–Trinajstić information content (AvgIpc) is 3.09. The first-order chi connectivity index (χ1) is 14.2. The van der Waals surface area contributed by atoms with Gasteiger partial charge < -0.3 is 14.6 Å². The molecule has 2 N–H and O–H groups in total. The van der Waals surface area contributed by atoms with Crippen molar-refractivity contribution >= 4 is 41.0 Å². The number of aliphatic hydroxyl groups is 1. The molecule has 1 aliphatic heterocycles. The molecule has 0 aromatic heterocycles. The molecular formula is C22H27Cl2NO5. The number of hydrogen-bond acceptors (Lipinski definition) is 5. The van der Waals surface area contributed by atoms with E-state index in [1.54, 1.807) is 18.2 Å². The molecule has 3 aliphatic rings. The van der Waals surface area contributed by atoms with Crippen LogP contribution in [-0.4, -0.2) is 36.0 Å². The third-order valence-electron chi connectivity index (χ3n) is 7.73. The quantitative estimate of drug-likeness (QED) is 0.622. The van der Waals surface area contributed by atoms with Gasteiger partial charge in [0.25, 0.3) is 0 Å². The van der Waals surface area contributed by atoms with Gasteiger partial charge in [0.1, 0.15) is 12.2 Å². The fourth-order valence-electron chi connectivity index (χ4n) is 6.14. The van der Waals surface area contributed by atoms with Crippen LogP contribution < -0.4 is 5.32 Å². The number of ether oxygens (including phenoxy) is 2. The minimum Gasteiger partial charge on any atom is -0.462 e. The van der Waals surface area contributed by atoms with Gasteiger partial charge in [-0.25, -0.2) is 4.79 Å². The topological polar surface area (TPSA) is 84.9 Å². The van der Waals surface area contributed by atoms with Crippen molar-refractivity contribution in [1.82, 2.24) is 0 Å². The lowest BCUT2D eigenvalue weighted by Crippen LogP contribution is -2.59. The van der Waals surface area contributed by atoms with Gasteiger partial charge in [-0.15, -0.1) is 0 Å². The third-order valence-corrected chi connectivity index (χ3v) is 8.47. The normalized spacial score (nSPS) is 37.7. The molecule has 1 saturated heterocycles. The summed E-state index contributed by atoms with van der Waals surface area (Å²) in [6.45, 7) is 4.10. The van der Waals surface area contributed by atoms with E-state index in [0.717, 1.165) is 19.3 Å². The second-order valence-electron chi connectivity index (χ2n) is 9.33. The van der Waals surface area contributed by atoms with Crippen LogP contribution >= 0.6 is 23.2 Å². The van der Waals surface area contributed by atoms with E-state index in [4.69, 9.17) is 32.7 Å². The summed E-state index contributed by atoms with van der Waals surface area (Å²) in [5.41, 5.74) is -0.242. The van der Waals surface area contributed by atoms with Crippen LogP contribution in [0.3, 0.4) is 0 Å². The fourth-order valence-corrected chi connectivity index (χ4v) is 6.44. The van der Waals surface area contributed by atoms with Crippen molar-refractivity contribution in [3.63, 3.8) is 0 Å². The number of hydrogen-bond donors (Lipinski definition) is 2. The van der Waals surface area contributed by atoms with Crippen LogP contribution in [0.25, 0.3) is 0 Å². The molecule has 1 aromatic carbocycles. The molecule has 6 nitrogen and oxygen atoms in total. The molecule has 8 heteroatoms. The van der Waals surface area contributed by atoms with Gasteiger partial charge in [-0.2, -0.15) is 0 Å². The fraction of sp³-hybridized carbons (Fsp3) is 0.636. The van der Waals surface area contributed by atoms with Gasteiger partial charge in [0.15, 0.2) is 0 Å². The van der Waals surface area contributed by atoms with Gasteiger partial charge in [0.2, 0.25) is 0 Å². The molecule has 1 amide bonds. The minimum absolute atomic E-state index is 0.0305. The Kier molecular flexibility index (Phi) is 5.71. The first-order valence-corrected chi connectivity index (χ1v) is 11.2. The van der Waals surface area contributed by atoms with Crippen molar-refractivity contribution in [2.75, 3.05) is 11.9 Å². The number of benzene rings is 1. The molecule has 0 bridgehead atoms. The molecule has 6 atom stereocenters. The number of aliphatic hydroxyl groups excluding tert-OH is 1. The number of rotatable bonds is 3. The number of carbonyl (C=O) groups is 2. The number of amides is 1. The second kappa shape index (κ2) is 7.88. The predicted octanol–water partition coefficient (Wildman–Crippen LogP) is 5.05. The number of nitrogens with one attached hydrogen (secondary N) is 1. The van der Waals surface area contributed by atoms with Crippen LogP contribution in [0.5, 0.6) is 0 Å². The van der Waals surface area contributed by atoms with Gasteiger partial charge >= 0.3 is 12.1 Å². The molecule has 1 aromatic rings. The molecule has 30 heavy (non-hydrogen) atoms. The minimum atomic E-state index is -0.599. The molecule has 0 spiro atoms. The Balaban J connectivity index is 1.50. The Hall–Kier alpha value is -1.50. The Labute approximate surface area is 186 Å². The number of esters is 1. The lowest BCUT2D eigenvalue weighted by Gasteiger charge is -2.59. The number of halogens is 2. The molecular weight excluding hydrogens is 429 g/mol. The Morgan fingerprint density at radius 1 is 1.27 bits per heavy atom. The van der Waals surface area contributed by atoms with Crippen LogP contribution in [0.15, 0.2) is 18.2 Å². The highest BCUT2D eigenvalue weighted by atomic mass is 35.5. The largest absolute Gasteiger partial charge is 0.462 e. The highest BCUT2D eigenvalue weighted by Gasteiger charge is 2.62. The van der Waals surface area contributed by atoms with Gasteiger partial charge in [0, 0.05) is 17.0 Å². The van der Waals surface area contributed by atoms with Crippen molar-refractivity contribution in [2.24, 2.45) is 22.7 Å². The molecule has 164 valence electrons.